The molecule has 0 saturated heterocycles. The Kier molecular flexibility index (Phi) is 27.4. The van der Waals surface area contributed by atoms with Crippen molar-refractivity contribution in [2.75, 3.05) is 19.8 Å². The van der Waals surface area contributed by atoms with Crippen LogP contribution in [0.1, 0.15) is 142 Å². The summed E-state index contributed by atoms with van der Waals surface area (Å²) in [5.41, 5.74) is 0. The molecule has 0 bridgehead atoms. The minimum atomic E-state index is -5.01. The number of unbranched alkanes of at least 4 members (excludes halogenated alkanes) is 15. The number of allylic oxidation sites excluding steroid dienone is 4. The standard InChI is InChI=1S/C37H69O12P/c1-3-5-7-9-11-13-15-16-17-19-21-23-25-27-46-28-30(48-31(38)26-24-22-20-18-14-12-10-8-6-4-2)29-47-50(44,45)49-37-35(42)33(40)32(39)34(41)36(37)43/h8,10-11,13,30,32-37,39-43H,3-7,9,12,14-29H2,1-2H3,(H,44,45)/b10-8-,13-11-. The van der Waals surface area contributed by atoms with Crippen LogP contribution in [0, 0.1) is 0 Å². The Morgan fingerprint density at radius 2 is 1.10 bits per heavy atom. The molecular weight excluding hydrogens is 667 g/mol. The Hall–Kier alpha value is -1.18. The second kappa shape index (κ2) is 29.3. The van der Waals surface area contributed by atoms with Crippen LogP contribution in [0.3, 0.4) is 0 Å². The zero-order valence-corrected chi connectivity index (χ0v) is 31.6. The lowest BCUT2D eigenvalue weighted by Crippen LogP contribution is -2.64. The van der Waals surface area contributed by atoms with Crippen LogP contribution in [-0.4, -0.2) is 98.9 Å². The predicted molar refractivity (Wildman–Crippen MR) is 193 cm³/mol. The van der Waals surface area contributed by atoms with E-state index in [4.69, 9.17) is 18.5 Å². The Morgan fingerprint density at radius 3 is 1.66 bits per heavy atom. The van der Waals surface area contributed by atoms with Gasteiger partial charge in [-0.25, -0.2) is 4.57 Å². The fraction of sp³-hybridized carbons (Fsp3) is 0.865. The minimum absolute atomic E-state index is 0.0832. The second-order valence-electron chi connectivity index (χ2n) is 13.4. The van der Waals surface area contributed by atoms with E-state index in [0.29, 0.717) is 13.0 Å². The molecule has 6 unspecified atom stereocenters. The van der Waals surface area contributed by atoms with E-state index in [1.54, 1.807) is 0 Å². The van der Waals surface area contributed by atoms with Crippen LogP contribution in [0.4, 0.5) is 0 Å². The summed E-state index contributed by atoms with van der Waals surface area (Å²) in [5, 5.41) is 49.9. The summed E-state index contributed by atoms with van der Waals surface area (Å²) >= 11 is 0. The van der Waals surface area contributed by atoms with Gasteiger partial charge in [0.05, 0.1) is 13.2 Å². The van der Waals surface area contributed by atoms with Crippen molar-refractivity contribution in [1.29, 1.82) is 0 Å². The van der Waals surface area contributed by atoms with Gasteiger partial charge in [-0.15, -0.1) is 0 Å². The highest BCUT2D eigenvalue weighted by atomic mass is 31.2. The lowest BCUT2D eigenvalue weighted by Gasteiger charge is -2.41. The molecular formula is C37H69O12P. The van der Waals surface area contributed by atoms with Crippen molar-refractivity contribution in [3.8, 4) is 0 Å². The van der Waals surface area contributed by atoms with Gasteiger partial charge in [-0.2, -0.15) is 0 Å². The number of rotatable bonds is 31. The molecule has 12 nitrogen and oxygen atoms in total. The quantitative estimate of drug-likeness (QED) is 0.0205. The highest BCUT2D eigenvalue weighted by molar-refractivity contribution is 7.47. The van der Waals surface area contributed by atoms with Gasteiger partial charge in [-0.3, -0.25) is 13.8 Å². The zero-order valence-electron chi connectivity index (χ0n) is 30.7. The van der Waals surface area contributed by atoms with Crippen LogP contribution in [0.15, 0.2) is 24.3 Å². The van der Waals surface area contributed by atoms with Gasteiger partial charge in [0.15, 0.2) is 0 Å². The van der Waals surface area contributed by atoms with E-state index in [9.17, 15) is 39.8 Å². The highest BCUT2D eigenvalue weighted by Crippen LogP contribution is 2.47. The molecule has 0 aromatic carbocycles. The van der Waals surface area contributed by atoms with Gasteiger partial charge in [0.2, 0.25) is 0 Å². The van der Waals surface area contributed by atoms with Gasteiger partial charge in [0, 0.05) is 13.0 Å². The number of hydrogen-bond donors (Lipinski definition) is 6. The molecule has 13 heteroatoms. The summed E-state index contributed by atoms with van der Waals surface area (Å²) in [6.07, 6.45) is 17.0. The van der Waals surface area contributed by atoms with Crippen molar-refractivity contribution in [2.45, 2.75) is 185 Å². The minimum Gasteiger partial charge on any atom is -0.457 e. The number of carbonyl (C=O) groups is 1. The normalized spacial score (nSPS) is 24.6. The van der Waals surface area contributed by atoms with Gasteiger partial charge in [-0.05, 0) is 57.8 Å². The predicted octanol–water partition coefficient (Wildman–Crippen LogP) is 6.19. The molecule has 0 heterocycles. The molecule has 1 rings (SSSR count). The van der Waals surface area contributed by atoms with Crippen molar-refractivity contribution < 1.29 is 58.3 Å². The first-order valence-corrected chi connectivity index (χ1v) is 20.7. The summed E-state index contributed by atoms with van der Waals surface area (Å²) < 4.78 is 33.9. The maximum Gasteiger partial charge on any atom is 0.472 e. The average Bonchev–Trinajstić information content (AvgIpc) is 3.09. The lowest BCUT2D eigenvalue weighted by atomic mass is 9.85. The first-order valence-electron chi connectivity index (χ1n) is 19.2. The molecule has 50 heavy (non-hydrogen) atoms. The number of aliphatic hydroxyl groups is 5. The van der Waals surface area contributed by atoms with Gasteiger partial charge in [0.25, 0.3) is 0 Å². The number of aliphatic hydroxyl groups excluding tert-OH is 5. The number of carbonyl (C=O) groups excluding carboxylic acids is 1. The van der Waals surface area contributed by atoms with Crippen LogP contribution in [-0.2, 0) is 27.9 Å². The van der Waals surface area contributed by atoms with E-state index in [2.05, 4.69) is 38.2 Å². The van der Waals surface area contributed by atoms with E-state index in [1.165, 1.54) is 38.5 Å². The number of hydrogen-bond acceptors (Lipinski definition) is 11. The Balaban J connectivity index is 2.49. The second-order valence-corrected chi connectivity index (χ2v) is 14.8. The van der Waals surface area contributed by atoms with Crippen LogP contribution in [0.25, 0.3) is 0 Å². The summed E-state index contributed by atoms with van der Waals surface area (Å²) in [4.78, 5) is 22.9. The Morgan fingerprint density at radius 1 is 0.620 bits per heavy atom. The summed E-state index contributed by atoms with van der Waals surface area (Å²) in [6, 6.07) is 0. The molecule has 0 amide bonds. The Labute approximate surface area is 300 Å². The third kappa shape index (κ3) is 22.0. The molecule has 0 aromatic heterocycles. The summed E-state index contributed by atoms with van der Waals surface area (Å²) in [6.45, 7) is 4.11. The van der Waals surface area contributed by atoms with Gasteiger partial charge >= 0.3 is 13.8 Å². The van der Waals surface area contributed by atoms with E-state index in [-0.39, 0.29) is 13.0 Å². The molecule has 0 aromatic rings. The molecule has 6 atom stereocenters. The fourth-order valence-electron chi connectivity index (χ4n) is 5.64. The van der Waals surface area contributed by atoms with E-state index >= 15 is 0 Å². The SMILES string of the molecule is CCC/C=C\CCCCCCCC(=O)OC(COCCCCCCCC/C=C\CCCCC)COP(=O)(O)OC1C(O)C(O)C(O)C(O)C1O. The van der Waals surface area contributed by atoms with Crippen molar-refractivity contribution in [1.82, 2.24) is 0 Å². The van der Waals surface area contributed by atoms with E-state index < -0.39 is 63.1 Å². The molecule has 1 aliphatic carbocycles. The number of ether oxygens (including phenoxy) is 2. The number of phosphoric ester groups is 1. The Bertz CT molecular complexity index is 931. The molecule has 0 aliphatic heterocycles. The summed E-state index contributed by atoms with van der Waals surface area (Å²) in [7, 11) is -5.01. The van der Waals surface area contributed by atoms with Gasteiger partial charge in [0.1, 0.15) is 42.7 Å². The third-order valence-corrected chi connectivity index (χ3v) is 9.76. The number of esters is 1. The zero-order chi connectivity index (χ0) is 37.0. The van der Waals surface area contributed by atoms with Crippen LogP contribution in [0.2, 0.25) is 0 Å². The maximum absolute atomic E-state index is 12.7. The lowest BCUT2D eigenvalue weighted by molar-refractivity contribution is -0.220. The smallest absolute Gasteiger partial charge is 0.457 e. The largest absolute Gasteiger partial charge is 0.472 e. The first kappa shape index (κ1) is 46.8. The molecule has 1 fully saturated rings. The highest BCUT2D eigenvalue weighted by Gasteiger charge is 2.51. The number of phosphoric acid groups is 1. The van der Waals surface area contributed by atoms with Crippen molar-refractivity contribution in [3.05, 3.63) is 24.3 Å². The molecule has 0 radical (unpaired) electrons. The van der Waals surface area contributed by atoms with Crippen molar-refractivity contribution >= 4 is 13.8 Å². The molecule has 1 saturated carbocycles. The molecule has 6 N–H and O–H groups in total. The van der Waals surface area contributed by atoms with Gasteiger partial charge < -0.3 is 39.9 Å². The molecule has 0 spiro atoms. The summed E-state index contributed by atoms with van der Waals surface area (Å²) in [5.74, 6) is -0.493. The van der Waals surface area contributed by atoms with Crippen LogP contribution >= 0.6 is 7.82 Å². The topological polar surface area (TPSA) is 192 Å². The average molecular weight is 737 g/mol. The monoisotopic (exact) mass is 736 g/mol. The van der Waals surface area contributed by atoms with Crippen LogP contribution < -0.4 is 0 Å². The van der Waals surface area contributed by atoms with Crippen molar-refractivity contribution in [3.63, 3.8) is 0 Å². The van der Waals surface area contributed by atoms with Crippen LogP contribution in [0.5, 0.6) is 0 Å². The molecule has 1 aliphatic rings. The maximum atomic E-state index is 12.7. The first-order chi connectivity index (χ1) is 24.0. The van der Waals surface area contributed by atoms with Crippen molar-refractivity contribution in [2.24, 2.45) is 0 Å². The fourth-order valence-corrected chi connectivity index (χ4v) is 6.62. The van der Waals surface area contributed by atoms with E-state index in [1.807, 2.05) is 0 Å². The third-order valence-electron chi connectivity index (χ3n) is 8.78. The van der Waals surface area contributed by atoms with Gasteiger partial charge in [-0.1, -0.05) is 102 Å². The molecule has 294 valence electrons. The van der Waals surface area contributed by atoms with E-state index in [0.717, 1.165) is 77.0 Å².